The van der Waals surface area contributed by atoms with E-state index < -0.39 is 12.2 Å². The lowest BCUT2D eigenvalue weighted by Gasteiger charge is -2.32. The van der Waals surface area contributed by atoms with Crippen molar-refractivity contribution < 1.29 is 24.2 Å². The zero-order chi connectivity index (χ0) is 40.1. The smallest absolute Gasteiger partial charge is 0.411 e. The summed E-state index contributed by atoms with van der Waals surface area (Å²) >= 11 is 0. The Kier molecular flexibility index (Phi) is 14.2. The number of carbonyl (C=O) groups is 2. The number of carbonyl (C=O) groups excluding carboxylic acids is 2. The number of pyridine rings is 1. The second kappa shape index (κ2) is 20.3. The van der Waals surface area contributed by atoms with Crippen molar-refractivity contribution in [1.82, 2.24) is 20.5 Å². The van der Waals surface area contributed by atoms with Crippen LogP contribution in [0.5, 0.6) is 5.75 Å². The second-order valence-corrected chi connectivity index (χ2v) is 15.6. The number of aromatic amines is 1. The number of nitrogens with zero attached hydrogens (tertiary/aromatic N) is 1. The average molecular weight is 786 g/mol. The predicted molar refractivity (Wildman–Crippen MR) is 228 cm³/mol. The number of nitrogens with one attached hydrogen (secondary N) is 4. The largest absolute Gasteiger partial charge is 0.487 e. The topological polar surface area (TPSA) is 145 Å². The number of anilines is 1. The molecule has 2 heterocycles. The fourth-order valence-electron chi connectivity index (χ4n) is 8.31. The molecule has 1 saturated heterocycles. The number of H-pyrrole nitrogens is 1. The van der Waals surface area contributed by atoms with Crippen LogP contribution in [0.3, 0.4) is 0 Å². The molecule has 0 spiro atoms. The molecule has 5 N–H and O–H groups in total. The van der Waals surface area contributed by atoms with E-state index in [0.29, 0.717) is 55.8 Å². The fraction of sp³-hybridized carbons (Fsp3) is 0.383. The summed E-state index contributed by atoms with van der Waals surface area (Å²) in [5.74, 6) is 1.53. The number of para-hydroxylation sites is 1. The lowest BCUT2D eigenvalue weighted by Crippen LogP contribution is -2.40. The molecule has 3 unspecified atom stereocenters. The van der Waals surface area contributed by atoms with Crippen molar-refractivity contribution in [3.05, 3.63) is 131 Å². The molecule has 2 fully saturated rings. The first kappa shape index (κ1) is 40.7. The van der Waals surface area contributed by atoms with Gasteiger partial charge in [-0.2, -0.15) is 0 Å². The first-order valence-electron chi connectivity index (χ1n) is 20.7. The third kappa shape index (κ3) is 11.3. The van der Waals surface area contributed by atoms with E-state index >= 15 is 0 Å². The monoisotopic (exact) mass is 785 g/mol. The summed E-state index contributed by atoms with van der Waals surface area (Å²) in [5.41, 5.74) is 4.80. The molecule has 7 rings (SSSR count). The Balaban J connectivity index is 0.786. The van der Waals surface area contributed by atoms with E-state index in [9.17, 15) is 19.5 Å². The van der Waals surface area contributed by atoms with Crippen molar-refractivity contribution in [3.63, 3.8) is 0 Å². The van der Waals surface area contributed by atoms with Crippen LogP contribution >= 0.6 is 0 Å². The quantitative estimate of drug-likeness (QED) is 0.0696. The fourth-order valence-corrected chi connectivity index (χ4v) is 8.31. The number of rotatable bonds is 16. The minimum absolute atomic E-state index is 0.0725. The van der Waals surface area contributed by atoms with Crippen LogP contribution in [0.4, 0.5) is 10.5 Å². The van der Waals surface area contributed by atoms with Crippen molar-refractivity contribution in [1.29, 1.82) is 0 Å². The van der Waals surface area contributed by atoms with Crippen LogP contribution in [0, 0.1) is 11.8 Å². The molecule has 0 bridgehead atoms. The molecule has 1 aliphatic carbocycles. The maximum absolute atomic E-state index is 12.9. The number of aliphatic hydroxyl groups is 1. The Morgan fingerprint density at radius 2 is 1.55 bits per heavy atom. The molecule has 0 radical (unpaired) electrons. The van der Waals surface area contributed by atoms with Crippen molar-refractivity contribution in [2.24, 2.45) is 11.8 Å². The Morgan fingerprint density at radius 3 is 2.34 bits per heavy atom. The highest BCUT2D eigenvalue weighted by atomic mass is 16.6. The molecule has 3 atom stereocenters. The van der Waals surface area contributed by atoms with Gasteiger partial charge in [0.1, 0.15) is 18.5 Å². The number of amides is 2. The molecule has 58 heavy (non-hydrogen) atoms. The maximum atomic E-state index is 12.9. The number of likely N-dealkylation sites (tertiary alicyclic amines) is 1. The summed E-state index contributed by atoms with van der Waals surface area (Å²) in [4.78, 5) is 43.1. The average Bonchev–Trinajstić information content (AvgIpc) is 3.25. The Morgan fingerprint density at radius 1 is 0.828 bits per heavy atom. The maximum Gasteiger partial charge on any atom is 0.411 e. The molecule has 11 nitrogen and oxygen atoms in total. The molecule has 1 aliphatic heterocycles. The molecule has 11 heteroatoms. The number of ether oxygens (including phenoxy) is 2. The lowest BCUT2D eigenvalue weighted by atomic mass is 9.81. The van der Waals surface area contributed by atoms with Gasteiger partial charge in [-0.3, -0.25) is 14.9 Å². The number of fused-ring (bicyclic) bond motifs is 1. The first-order valence-corrected chi connectivity index (χ1v) is 20.7. The van der Waals surface area contributed by atoms with Gasteiger partial charge in [0.25, 0.3) is 0 Å². The summed E-state index contributed by atoms with van der Waals surface area (Å²) in [6.45, 7) is 4.47. The van der Waals surface area contributed by atoms with Gasteiger partial charge in [-0.25, -0.2) is 4.79 Å². The normalized spacial score (nSPS) is 18.0. The minimum atomic E-state index is -0.763. The first-order chi connectivity index (χ1) is 28.4. The highest BCUT2D eigenvalue weighted by molar-refractivity contribution is 5.91. The summed E-state index contributed by atoms with van der Waals surface area (Å²) in [6, 6.07) is 34.4. The molecule has 4 aromatic carbocycles. The Bertz CT molecular complexity index is 2150. The Hall–Kier alpha value is -5.49. The van der Waals surface area contributed by atoms with Crippen LogP contribution in [0.1, 0.15) is 62.2 Å². The molecular weight excluding hydrogens is 731 g/mol. The van der Waals surface area contributed by atoms with Gasteiger partial charge in [0.15, 0.2) is 0 Å². The van der Waals surface area contributed by atoms with Gasteiger partial charge in [0.05, 0.1) is 17.3 Å². The molecular formula is C47H55N5O6. The minimum Gasteiger partial charge on any atom is -0.487 e. The third-order valence-electron chi connectivity index (χ3n) is 11.4. The van der Waals surface area contributed by atoms with Crippen LogP contribution < -0.4 is 26.2 Å². The number of aromatic nitrogens is 1. The zero-order valence-electron chi connectivity index (χ0n) is 33.0. The van der Waals surface area contributed by atoms with E-state index in [1.54, 1.807) is 6.07 Å². The SMILES string of the molecule is O=C(CCN1CCC(OC(=O)Nc2ccccc2-c2ccccc2)CC1)NCC1CCCC(CNCC(O)c2ccc(OCc3ccccc3)c3[nH]c(=O)ccc23)C1. The van der Waals surface area contributed by atoms with Crippen molar-refractivity contribution in [3.8, 4) is 16.9 Å². The number of aliphatic hydroxyl groups excluding tert-OH is 1. The van der Waals surface area contributed by atoms with Gasteiger partial charge in [-0.05, 0) is 85.4 Å². The summed E-state index contributed by atoms with van der Waals surface area (Å²) in [7, 11) is 0. The summed E-state index contributed by atoms with van der Waals surface area (Å²) in [6.07, 6.45) is 4.91. The highest BCUT2D eigenvalue weighted by Gasteiger charge is 2.25. The van der Waals surface area contributed by atoms with Crippen LogP contribution in [0.25, 0.3) is 22.0 Å². The molecule has 5 aromatic rings. The van der Waals surface area contributed by atoms with Crippen molar-refractivity contribution in [2.75, 3.05) is 44.6 Å². The van der Waals surface area contributed by atoms with E-state index in [4.69, 9.17) is 9.47 Å². The number of piperidine rings is 1. The van der Waals surface area contributed by atoms with Gasteiger partial charge >= 0.3 is 6.09 Å². The lowest BCUT2D eigenvalue weighted by molar-refractivity contribution is -0.121. The van der Waals surface area contributed by atoms with E-state index in [2.05, 4.69) is 25.8 Å². The van der Waals surface area contributed by atoms with Crippen LogP contribution in [0.15, 0.2) is 114 Å². The van der Waals surface area contributed by atoms with Crippen molar-refractivity contribution >= 4 is 28.6 Å². The molecule has 2 aliphatic rings. The number of hydrogen-bond acceptors (Lipinski definition) is 8. The molecule has 304 valence electrons. The third-order valence-corrected chi connectivity index (χ3v) is 11.4. The van der Waals surface area contributed by atoms with Crippen LogP contribution in [-0.2, 0) is 16.1 Å². The van der Waals surface area contributed by atoms with E-state index in [-0.39, 0.29) is 17.6 Å². The molecule has 2 amide bonds. The summed E-state index contributed by atoms with van der Waals surface area (Å²) in [5, 5.41) is 21.6. The molecule has 1 aromatic heterocycles. The van der Waals surface area contributed by atoms with Gasteiger partial charge in [0.2, 0.25) is 11.5 Å². The predicted octanol–water partition coefficient (Wildman–Crippen LogP) is 7.42. The number of hydrogen-bond donors (Lipinski definition) is 5. The van der Waals surface area contributed by atoms with Crippen molar-refractivity contribution in [2.45, 2.75) is 63.8 Å². The van der Waals surface area contributed by atoms with Gasteiger partial charge in [-0.15, -0.1) is 0 Å². The standard InChI is InChI=1S/C47H55N5O6/c53-42(39-18-20-43(46-40(39)19-21-45(55)51-46)57-32-33-10-3-1-4-11-33)31-48-29-34-12-9-13-35(28-34)30-49-44(54)24-27-52-25-22-37(23-26-52)58-47(56)50-41-17-8-7-16-38(41)36-14-5-2-6-15-36/h1-8,10-11,14-21,34-35,37,42,48,53H,9,12-13,22-32H2,(H,49,54)(H,50,56)(H,51,55). The van der Waals surface area contributed by atoms with Crippen LogP contribution in [-0.4, -0.2) is 72.4 Å². The van der Waals surface area contributed by atoms with E-state index in [1.165, 1.54) is 6.07 Å². The number of benzene rings is 4. The van der Waals surface area contributed by atoms with Crippen LogP contribution in [0.2, 0.25) is 0 Å². The summed E-state index contributed by atoms with van der Waals surface area (Å²) < 4.78 is 11.9. The molecule has 1 saturated carbocycles. The second-order valence-electron chi connectivity index (χ2n) is 15.6. The zero-order valence-corrected chi connectivity index (χ0v) is 33.0. The van der Waals surface area contributed by atoms with Gasteiger partial charge in [-0.1, -0.05) is 91.3 Å². The van der Waals surface area contributed by atoms with Gasteiger partial charge < -0.3 is 35.1 Å². The highest BCUT2D eigenvalue weighted by Crippen LogP contribution is 2.32. The van der Waals surface area contributed by atoms with Gasteiger partial charge in [0, 0.05) is 56.2 Å². The Labute approximate surface area is 340 Å². The van der Waals surface area contributed by atoms with E-state index in [0.717, 1.165) is 91.5 Å². The van der Waals surface area contributed by atoms with E-state index in [1.807, 2.05) is 97.1 Å².